The molecule has 3 atom stereocenters. The molecule has 1 fully saturated rings. The molecule has 2 aromatic heterocycles. The predicted octanol–water partition coefficient (Wildman–Crippen LogP) is 9.58. The first-order valence-corrected chi connectivity index (χ1v) is 25.0. The van der Waals surface area contributed by atoms with Gasteiger partial charge in [-0.1, -0.05) is 175 Å². The van der Waals surface area contributed by atoms with Crippen LogP contribution in [0.25, 0.3) is 21.6 Å². The third kappa shape index (κ3) is 7.49. The number of thiophene rings is 1. The fourth-order valence-electron chi connectivity index (χ4n) is 9.00. The van der Waals surface area contributed by atoms with Crippen LogP contribution >= 0.6 is 11.3 Å². The molecule has 0 radical (unpaired) electrons. The summed E-state index contributed by atoms with van der Waals surface area (Å²) in [5.74, 6) is -0.233. The van der Waals surface area contributed by atoms with Crippen LogP contribution < -0.4 is 26.2 Å². The Morgan fingerprint density at radius 1 is 0.644 bits per heavy atom. The van der Waals surface area contributed by atoms with Crippen LogP contribution in [0.15, 0.2) is 167 Å². The minimum atomic E-state index is -3.02. The maximum atomic E-state index is 13.2. The third-order valence-corrected chi connectivity index (χ3v) is 23.0. The van der Waals surface area contributed by atoms with E-state index in [9.17, 15) is 9.90 Å². The zero-order chi connectivity index (χ0) is 41.4. The van der Waals surface area contributed by atoms with Gasteiger partial charge < -0.3 is 23.1 Å². The molecule has 9 heteroatoms. The lowest BCUT2D eigenvalue weighted by atomic mass is 10.1. The molecule has 0 saturated carbocycles. The van der Waals surface area contributed by atoms with E-state index in [0.29, 0.717) is 28.9 Å². The lowest BCUT2D eigenvalue weighted by molar-refractivity contribution is -0.0139. The summed E-state index contributed by atoms with van der Waals surface area (Å²) < 4.78 is 28.8. The maximum absolute atomic E-state index is 13.2. The van der Waals surface area contributed by atoms with E-state index in [2.05, 4.69) is 163 Å². The zero-order valence-electron chi connectivity index (χ0n) is 34.6. The van der Waals surface area contributed by atoms with Crippen molar-refractivity contribution in [1.29, 1.82) is 0 Å². The standard InChI is InChI=1S/C50H52O6SSi2/c1-49(2,3)58(35-21-11-7-12-22-35,36-23-13-8-14-24-36)53-34-43-41(56-59(50(4,5)6,37-25-15-9-16-26-37)38-27-17-10-18-28-38)33-42(54-43)44-31-32-45(57-44)48-47(52)46(51)39-29-19-20-30-40(39)55-48/h7-32,41-43,52H,33-34H2,1-6H3/t41-,42+,43+/m0/s1. The van der Waals surface area contributed by atoms with Gasteiger partial charge in [0.1, 0.15) is 11.7 Å². The molecule has 1 aliphatic heterocycles. The van der Waals surface area contributed by atoms with Crippen molar-refractivity contribution >= 4 is 59.7 Å². The molecule has 7 aromatic rings. The fraction of sp³-hybridized carbons (Fsp3) is 0.260. The van der Waals surface area contributed by atoms with E-state index in [1.54, 1.807) is 18.2 Å². The van der Waals surface area contributed by atoms with Crippen molar-refractivity contribution in [3.8, 4) is 16.4 Å². The van der Waals surface area contributed by atoms with Crippen molar-refractivity contribution in [3.63, 3.8) is 0 Å². The quantitative estimate of drug-likeness (QED) is 0.131. The molecule has 0 bridgehead atoms. The number of fused-ring (bicyclic) bond motifs is 1. The molecule has 6 nitrogen and oxygen atoms in total. The maximum Gasteiger partial charge on any atom is 0.261 e. The molecular formula is C50H52O6SSi2. The molecule has 3 heterocycles. The average molecular weight is 837 g/mol. The summed E-state index contributed by atoms with van der Waals surface area (Å²) in [6, 6.07) is 53.8. The highest BCUT2D eigenvalue weighted by atomic mass is 32.1. The normalized spacial score (nSPS) is 17.7. The van der Waals surface area contributed by atoms with Gasteiger partial charge in [0.25, 0.3) is 16.6 Å². The van der Waals surface area contributed by atoms with Gasteiger partial charge in [0, 0.05) is 11.3 Å². The number of rotatable bonds is 11. The first-order valence-electron chi connectivity index (χ1n) is 20.4. The Balaban J connectivity index is 1.23. The second-order valence-electron chi connectivity index (χ2n) is 17.5. The summed E-state index contributed by atoms with van der Waals surface area (Å²) in [6.45, 7) is 14.1. The van der Waals surface area contributed by atoms with Crippen LogP contribution in [0.4, 0.5) is 0 Å². The van der Waals surface area contributed by atoms with Gasteiger partial charge in [-0.05, 0) is 55.1 Å². The van der Waals surface area contributed by atoms with Crippen LogP contribution in [0.5, 0.6) is 5.75 Å². The van der Waals surface area contributed by atoms with Crippen LogP contribution in [0, 0.1) is 0 Å². The summed E-state index contributed by atoms with van der Waals surface area (Å²) in [5, 5.41) is 15.8. The molecule has 59 heavy (non-hydrogen) atoms. The Labute approximate surface area is 353 Å². The van der Waals surface area contributed by atoms with Crippen molar-refractivity contribution < 1.29 is 23.1 Å². The van der Waals surface area contributed by atoms with Crippen LogP contribution in [0.1, 0.15) is 58.9 Å². The van der Waals surface area contributed by atoms with Gasteiger partial charge >= 0.3 is 0 Å². The van der Waals surface area contributed by atoms with Crippen LogP contribution in [-0.4, -0.2) is 40.6 Å². The van der Waals surface area contributed by atoms with Crippen LogP contribution in [0.3, 0.4) is 0 Å². The summed E-state index contributed by atoms with van der Waals surface area (Å²) in [6.07, 6.45) is -0.491. The zero-order valence-corrected chi connectivity index (χ0v) is 37.4. The van der Waals surface area contributed by atoms with Crippen LogP contribution in [0.2, 0.25) is 10.1 Å². The van der Waals surface area contributed by atoms with E-state index in [1.807, 2.05) is 18.2 Å². The summed E-state index contributed by atoms with van der Waals surface area (Å²) in [7, 11) is -5.95. The van der Waals surface area contributed by atoms with Crippen molar-refractivity contribution in [2.45, 2.75) is 76.4 Å². The topological polar surface area (TPSA) is 78.1 Å². The number of para-hydroxylation sites is 1. The van der Waals surface area contributed by atoms with Crippen molar-refractivity contribution in [2.75, 3.05) is 6.61 Å². The van der Waals surface area contributed by atoms with Gasteiger partial charge in [-0.15, -0.1) is 11.3 Å². The Bertz CT molecular complexity index is 2480. The first-order chi connectivity index (χ1) is 28.3. The van der Waals surface area contributed by atoms with Gasteiger partial charge in [0.2, 0.25) is 11.2 Å². The Morgan fingerprint density at radius 2 is 1.12 bits per heavy atom. The largest absolute Gasteiger partial charge is 0.501 e. The highest BCUT2D eigenvalue weighted by molar-refractivity contribution is 7.15. The number of hydrogen-bond donors (Lipinski definition) is 1. The lowest BCUT2D eigenvalue weighted by Gasteiger charge is -2.46. The average Bonchev–Trinajstić information content (AvgIpc) is 3.90. The minimum Gasteiger partial charge on any atom is -0.501 e. The minimum absolute atomic E-state index is 0.162. The molecule has 5 aromatic carbocycles. The van der Waals surface area contributed by atoms with E-state index in [1.165, 1.54) is 32.1 Å². The first kappa shape index (κ1) is 40.9. The second-order valence-corrected chi connectivity index (χ2v) is 27.2. The highest BCUT2D eigenvalue weighted by Crippen LogP contribution is 2.46. The van der Waals surface area contributed by atoms with E-state index in [-0.39, 0.29) is 28.0 Å². The molecule has 302 valence electrons. The van der Waals surface area contributed by atoms with Crippen molar-refractivity contribution in [2.24, 2.45) is 0 Å². The van der Waals surface area contributed by atoms with Crippen molar-refractivity contribution in [3.05, 3.63) is 173 Å². The Hall–Kier alpha value is -4.88. The number of benzene rings is 5. The molecule has 0 spiro atoms. The third-order valence-electron chi connectivity index (χ3n) is 11.8. The molecule has 1 aliphatic rings. The van der Waals surface area contributed by atoms with E-state index < -0.39 is 33.9 Å². The van der Waals surface area contributed by atoms with Crippen molar-refractivity contribution in [1.82, 2.24) is 0 Å². The molecule has 8 rings (SSSR count). The number of hydrogen-bond acceptors (Lipinski definition) is 7. The highest BCUT2D eigenvalue weighted by Gasteiger charge is 2.55. The van der Waals surface area contributed by atoms with E-state index in [0.717, 1.165) is 4.88 Å². The monoisotopic (exact) mass is 836 g/mol. The van der Waals surface area contributed by atoms with E-state index in [4.69, 9.17) is 18.0 Å². The Morgan fingerprint density at radius 3 is 1.63 bits per heavy atom. The van der Waals surface area contributed by atoms with Gasteiger partial charge in [0.05, 0.1) is 29.1 Å². The molecule has 1 saturated heterocycles. The SMILES string of the molecule is CC(C)(C)[Si](OC[C@H]1O[C@@H](c2ccc(-c3oc4ccccc4c(=O)c3O)s2)C[C@@H]1O[Si](c1ccccc1)(c1ccccc1)C(C)(C)C)(c1ccccc1)c1ccccc1. The summed E-state index contributed by atoms with van der Waals surface area (Å²) in [4.78, 5) is 14.8. The van der Waals surface area contributed by atoms with Gasteiger partial charge in [0.15, 0.2) is 5.76 Å². The molecule has 0 unspecified atom stereocenters. The lowest BCUT2D eigenvalue weighted by Crippen LogP contribution is -2.69. The molecule has 1 N–H and O–H groups in total. The number of ether oxygens (including phenoxy) is 1. The second kappa shape index (κ2) is 16.3. The molecule has 0 aliphatic carbocycles. The predicted molar refractivity (Wildman–Crippen MR) is 246 cm³/mol. The van der Waals surface area contributed by atoms with Gasteiger partial charge in [-0.25, -0.2) is 0 Å². The van der Waals surface area contributed by atoms with Crippen LogP contribution in [-0.2, 0) is 13.6 Å². The van der Waals surface area contributed by atoms with Gasteiger partial charge in [-0.2, -0.15) is 0 Å². The summed E-state index contributed by atoms with van der Waals surface area (Å²) in [5.41, 5.74) is -0.0232. The summed E-state index contributed by atoms with van der Waals surface area (Å²) >= 11 is 1.46. The van der Waals surface area contributed by atoms with Gasteiger partial charge in [-0.3, -0.25) is 4.79 Å². The smallest absolute Gasteiger partial charge is 0.261 e. The molecular weight excluding hydrogens is 785 g/mol. The fourth-order valence-corrected chi connectivity index (χ4v) is 19.3. The van der Waals surface area contributed by atoms with E-state index >= 15 is 0 Å². The number of aromatic hydroxyl groups is 1. The molecule has 0 amide bonds. The Kier molecular flexibility index (Phi) is 11.3.